The molecular weight excluding hydrogens is 202 g/mol. The van der Waals surface area contributed by atoms with Crippen LogP contribution in [0.4, 0.5) is 0 Å². The van der Waals surface area contributed by atoms with Crippen LogP contribution in [0.2, 0.25) is 0 Å². The SMILES string of the molecule is C=C(NC=O)C1CCc2ccccc2C1O. The van der Waals surface area contributed by atoms with Gasteiger partial charge in [-0.05, 0) is 24.0 Å². The molecular formula is C13H15NO2. The van der Waals surface area contributed by atoms with Gasteiger partial charge < -0.3 is 10.4 Å². The third-order valence-electron chi connectivity index (χ3n) is 3.17. The molecule has 2 unspecified atom stereocenters. The summed E-state index contributed by atoms with van der Waals surface area (Å²) in [6.07, 6.45) is 1.77. The summed E-state index contributed by atoms with van der Waals surface area (Å²) in [4.78, 5) is 10.4. The minimum Gasteiger partial charge on any atom is -0.388 e. The average molecular weight is 217 g/mol. The van der Waals surface area contributed by atoms with Gasteiger partial charge in [-0.15, -0.1) is 0 Å². The molecule has 0 spiro atoms. The number of aliphatic hydroxyl groups excluding tert-OH is 1. The van der Waals surface area contributed by atoms with Crippen LogP contribution in [0.25, 0.3) is 0 Å². The van der Waals surface area contributed by atoms with E-state index in [1.54, 1.807) is 0 Å². The molecule has 16 heavy (non-hydrogen) atoms. The van der Waals surface area contributed by atoms with E-state index < -0.39 is 6.10 Å². The van der Waals surface area contributed by atoms with Crippen molar-refractivity contribution in [2.24, 2.45) is 5.92 Å². The van der Waals surface area contributed by atoms with Gasteiger partial charge in [-0.1, -0.05) is 30.8 Å². The number of hydrogen-bond acceptors (Lipinski definition) is 2. The van der Waals surface area contributed by atoms with Crippen molar-refractivity contribution in [1.29, 1.82) is 0 Å². The lowest BCUT2D eigenvalue weighted by Crippen LogP contribution is -2.27. The van der Waals surface area contributed by atoms with Crippen molar-refractivity contribution in [3.8, 4) is 0 Å². The highest BCUT2D eigenvalue weighted by atomic mass is 16.3. The maximum Gasteiger partial charge on any atom is 0.211 e. The van der Waals surface area contributed by atoms with E-state index in [0.717, 1.165) is 18.4 Å². The second kappa shape index (κ2) is 4.49. The molecule has 1 aromatic carbocycles. The number of fused-ring (bicyclic) bond motifs is 1. The summed E-state index contributed by atoms with van der Waals surface area (Å²) in [5, 5.41) is 12.7. The maximum absolute atomic E-state index is 10.4. The second-order valence-electron chi connectivity index (χ2n) is 4.08. The molecule has 0 heterocycles. The van der Waals surface area contributed by atoms with Crippen molar-refractivity contribution < 1.29 is 9.90 Å². The minimum absolute atomic E-state index is 0.0832. The van der Waals surface area contributed by atoms with Crippen LogP contribution in [0.5, 0.6) is 0 Å². The van der Waals surface area contributed by atoms with E-state index in [4.69, 9.17) is 0 Å². The van der Waals surface area contributed by atoms with E-state index in [-0.39, 0.29) is 5.92 Å². The number of benzene rings is 1. The van der Waals surface area contributed by atoms with Gasteiger partial charge in [0.15, 0.2) is 0 Å². The van der Waals surface area contributed by atoms with E-state index >= 15 is 0 Å². The Labute approximate surface area is 94.8 Å². The summed E-state index contributed by atoms with van der Waals surface area (Å²) in [5.41, 5.74) is 2.73. The molecule has 0 saturated heterocycles. The lowest BCUT2D eigenvalue weighted by Gasteiger charge is -2.30. The van der Waals surface area contributed by atoms with Crippen molar-refractivity contribution in [2.75, 3.05) is 0 Å². The number of amides is 1. The Balaban J connectivity index is 2.24. The zero-order valence-electron chi connectivity index (χ0n) is 9.02. The van der Waals surface area contributed by atoms with Gasteiger partial charge in [-0.3, -0.25) is 4.79 Å². The number of rotatable bonds is 3. The van der Waals surface area contributed by atoms with Gasteiger partial charge in [0.25, 0.3) is 0 Å². The molecule has 1 aliphatic rings. The van der Waals surface area contributed by atoms with Gasteiger partial charge in [0.05, 0.1) is 6.10 Å². The van der Waals surface area contributed by atoms with Crippen molar-refractivity contribution >= 4 is 6.41 Å². The first-order valence-electron chi connectivity index (χ1n) is 5.39. The molecule has 84 valence electrons. The molecule has 2 N–H and O–H groups in total. The van der Waals surface area contributed by atoms with Crippen LogP contribution in [-0.2, 0) is 11.2 Å². The van der Waals surface area contributed by atoms with Gasteiger partial charge in [0.2, 0.25) is 6.41 Å². The van der Waals surface area contributed by atoms with Crippen molar-refractivity contribution in [3.63, 3.8) is 0 Å². The number of carbonyl (C=O) groups is 1. The molecule has 0 saturated carbocycles. The Kier molecular flexibility index (Phi) is 3.06. The molecule has 0 aliphatic heterocycles. The zero-order valence-corrected chi connectivity index (χ0v) is 9.02. The minimum atomic E-state index is -0.565. The standard InChI is InChI=1S/C13H15NO2/c1-9(14-8-15)11-7-6-10-4-2-3-5-12(10)13(11)16/h2-5,8,11,13,16H,1,6-7H2,(H,14,15). The van der Waals surface area contributed by atoms with E-state index in [0.29, 0.717) is 12.1 Å². The fraction of sp³-hybridized carbons (Fsp3) is 0.308. The highest BCUT2D eigenvalue weighted by Crippen LogP contribution is 2.36. The fourth-order valence-corrected chi connectivity index (χ4v) is 2.28. The summed E-state index contributed by atoms with van der Waals surface area (Å²) in [6.45, 7) is 3.79. The Morgan fingerprint density at radius 3 is 3.00 bits per heavy atom. The molecule has 1 amide bonds. The van der Waals surface area contributed by atoms with Gasteiger partial charge in [-0.2, -0.15) is 0 Å². The molecule has 3 nitrogen and oxygen atoms in total. The lowest BCUT2D eigenvalue weighted by atomic mass is 9.80. The normalized spacial score (nSPS) is 23.3. The van der Waals surface area contributed by atoms with E-state index in [1.807, 2.05) is 24.3 Å². The summed E-state index contributed by atoms with van der Waals surface area (Å²) < 4.78 is 0. The zero-order chi connectivity index (χ0) is 11.5. The molecule has 1 aromatic rings. The lowest BCUT2D eigenvalue weighted by molar-refractivity contribution is -0.109. The monoisotopic (exact) mass is 217 g/mol. The Bertz CT molecular complexity index is 414. The van der Waals surface area contributed by atoms with Crippen LogP contribution in [0.1, 0.15) is 23.7 Å². The molecule has 0 aromatic heterocycles. The predicted octanol–water partition coefficient (Wildman–Crippen LogP) is 1.54. The summed E-state index contributed by atoms with van der Waals surface area (Å²) in [5.74, 6) is -0.0832. The van der Waals surface area contributed by atoms with Crippen LogP contribution >= 0.6 is 0 Å². The first-order chi connectivity index (χ1) is 7.74. The summed E-state index contributed by atoms with van der Waals surface area (Å²) in [6, 6.07) is 7.86. The van der Waals surface area contributed by atoms with Crippen LogP contribution in [0, 0.1) is 5.92 Å². The first-order valence-corrected chi connectivity index (χ1v) is 5.39. The molecule has 0 fully saturated rings. The van der Waals surface area contributed by atoms with Crippen molar-refractivity contribution in [1.82, 2.24) is 5.32 Å². The topological polar surface area (TPSA) is 49.3 Å². The van der Waals surface area contributed by atoms with E-state index in [9.17, 15) is 9.90 Å². The number of aliphatic hydroxyl groups is 1. The van der Waals surface area contributed by atoms with Gasteiger partial charge in [-0.25, -0.2) is 0 Å². The molecule has 0 bridgehead atoms. The largest absolute Gasteiger partial charge is 0.388 e. The third-order valence-corrected chi connectivity index (χ3v) is 3.17. The maximum atomic E-state index is 10.4. The Hall–Kier alpha value is -1.61. The molecule has 1 aliphatic carbocycles. The van der Waals surface area contributed by atoms with E-state index in [2.05, 4.69) is 11.9 Å². The fourth-order valence-electron chi connectivity index (χ4n) is 2.28. The highest BCUT2D eigenvalue weighted by molar-refractivity contribution is 5.50. The first kappa shape index (κ1) is 10.9. The van der Waals surface area contributed by atoms with Crippen molar-refractivity contribution in [3.05, 3.63) is 47.7 Å². The molecule has 2 atom stereocenters. The summed E-state index contributed by atoms with van der Waals surface area (Å²) >= 11 is 0. The van der Waals surface area contributed by atoms with Crippen LogP contribution < -0.4 is 5.32 Å². The quantitative estimate of drug-likeness (QED) is 0.754. The number of carbonyl (C=O) groups excluding carboxylic acids is 1. The van der Waals surface area contributed by atoms with Crippen LogP contribution in [0.3, 0.4) is 0 Å². The Morgan fingerprint density at radius 1 is 1.50 bits per heavy atom. The number of aryl methyl sites for hydroxylation is 1. The predicted molar refractivity (Wildman–Crippen MR) is 61.6 cm³/mol. The second-order valence-corrected chi connectivity index (χ2v) is 4.08. The van der Waals surface area contributed by atoms with Gasteiger partial charge in [0.1, 0.15) is 0 Å². The third kappa shape index (κ3) is 1.86. The molecule has 2 rings (SSSR count). The van der Waals surface area contributed by atoms with Crippen molar-refractivity contribution in [2.45, 2.75) is 18.9 Å². The van der Waals surface area contributed by atoms with Gasteiger partial charge in [0, 0.05) is 11.6 Å². The molecule has 0 radical (unpaired) electrons. The summed E-state index contributed by atoms with van der Waals surface area (Å²) in [7, 11) is 0. The Morgan fingerprint density at radius 2 is 2.25 bits per heavy atom. The van der Waals surface area contributed by atoms with Crippen LogP contribution in [0.15, 0.2) is 36.5 Å². The van der Waals surface area contributed by atoms with E-state index in [1.165, 1.54) is 5.56 Å². The number of nitrogens with one attached hydrogen (secondary N) is 1. The highest BCUT2D eigenvalue weighted by Gasteiger charge is 2.29. The molecule has 3 heteroatoms. The average Bonchev–Trinajstić information content (AvgIpc) is 2.30. The van der Waals surface area contributed by atoms with Gasteiger partial charge >= 0.3 is 0 Å². The smallest absolute Gasteiger partial charge is 0.211 e. The van der Waals surface area contributed by atoms with Crippen LogP contribution in [-0.4, -0.2) is 11.5 Å². The number of hydrogen-bond donors (Lipinski definition) is 2.